The molecule has 0 aliphatic carbocycles. The number of aromatic nitrogens is 2. The molecule has 1 aliphatic heterocycles. The molecule has 28 heavy (non-hydrogen) atoms. The van der Waals surface area contributed by atoms with Gasteiger partial charge in [0.2, 0.25) is 11.8 Å². The van der Waals surface area contributed by atoms with Crippen LogP contribution in [-0.4, -0.2) is 73.1 Å². The zero-order valence-electron chi connectivity index (χ0n) is 16.2. The molecule has 1 N–H and O–H groups in total. The Morgan fingerprint density at radius 1 is 1.36 bits per heavy atom. The molecule has 1 saturated heterocycles. The van der Waals surface area contributed by atoms with Gasteiger partial charge in [0.15, 0.2) is 0 Å². The Morgan fingerprint density at radius 2 is 2.04 bits per heavy atom. The number of amides is 2. The van der Waals surface area contributed by atoms with Crippen LogP contribution >= 0.6 is 0 Å². The van der Waals surface area contributed by atoms with E-state index in [1.54, 1.807) is 18.7 Å². The molecule has 154 valence electrons. The van der Waals surface area contributed by atoms with Gasteiger partial charge in [0.1, 0.15) is 24.5 Å². The number of hydrogen-bond donors (Lipinski definition) is 1. The van der Waals surface area contributed by atoms with E-state index in [2.05, 4.69) is 5.10 Å². The van der Waals surface area contributed by atoms with Gasteiger partial charge in [-0.3, -0.25) is 29.2 Å². The largest absolute Gasteiger partial charge is 0.480 e. The highest BCUT2D eigenvalue weighted by atomic mass is 16.6. The van der Waals surface area contributed by atoms with E-state index in [0.29, 0.717) is 32.4 Å². The Morgan fingerprint density at radius 3 is 2.57 bits per heavy atom. The molecular weight excluding hydrogens is 370 g/mol. The molecule has 11 heteroatoms. The highest BCUT2D eigenvalue weighted by molar-refractivity contribution is 5.84. The predicted octanol–water partition coefficient (Wildman–Crippen LogP) is 0.841. The fourth-order valence-electron chi connectivity index (χ4n) is 3.44. The van der Waals surface area contributed by atoms with E-state index in [-0.39, 0.29) is 30.1 Å². The second kappa shape index (κ2) is 8.36. The van der Waals surface area contributed by atoms with Crippen LogP contribution in [0, 0.1) is 10.1 Å². The van der Waals surface area contributed by atoms with E-state index in [9.17, 15) is 24.5 Å². The van der Waals surface area contributed by atoms with Gasteiger partial charge in [0, 0.05) is 26.1 Å². The van der Waals surface area contributed by atoms with Crippen molar-refractivity contribution in [3.8, 4) is 0 Å². The van der Waals surface area contributed by atoms with E-state index < -0.39 is 16.4 Å². The third-order valence-corrected chi connectivity index (χ3v) is 5.01. The van der Waals surface area contributed by atoms with Crippen molar-refractivity contribution in [1.82, 2.24) is 19.6 Å². The van der Waals surface area contributed by atoms with Gasteiger partial charge in [-0.1, -0.05) is 0 Å². The standard InChI is InChI=1S/C17H25N5O6/c1-12(23)20(11-15(24)25)13-5-4-7-19(8-6-13)16(26)17(2,3)21-10-14(9-18-21)22(27)28/h9-10,13H,4-8,11H2,1-3H3,(H,24,25). The van der Waals surface area contributed by atoms with Gasteiger partial charge in [0.05, 0.1) is 4.92 Å². The first kappa shape index (κ1) is 21.3. The van der Waals surface area contributed by atoms with Crippen molar-refractivity contribution < 1.29 is 24.4 Å². The topological polar surface area (TPSA) is 139 Å². The van der Waals surface area contributed by atoms with Crippen LogP contribution in [0.4, 0.5) is 5.69 Å². The molecule has 1 aromatic rings. The number of carboxylic acid groups (broad SMARTS) is 1. The summed E-state index contributed by atoms with van der Waals surface area (Å²) in [6, 6.07) is -0.250. The SMILES string of the molecule is CC(=O)N(CC(=O)O)C1CCCN(C(=O)C(C)(C)n2cc([N+](=O)[O-])cn2)CC1. The lowest BCUT2D eigenvalue weighted by Gasteiger charge is -2.32. The lowest BCUT2D eigenvalue weighted by molar-refractivity contribution is -0.385. The normalized spacial score (nSPS) is 17.7. The molecule has 1 unspecified atom stereocenters. The quantitative estimate of drug-likeness (QED) is 0.556. The third kappa shape index (κ3) is 4.65. The van der Waals surface area contributed by atoms with Crippen LogP contribution in [0.3, 0.4) is 0 Å². The number of hydrogen-bond acceptors (Lipinski definition) is 6. The molecule has 1 aromatic heterocycles. The zero-order chi connectivity index (χ0) is 21.1. The second-order valence-corrected chi connectivity index (χ2v) is 7.38. The van der Waals surface area contributed by atoms with Crippen LogP contribution in [0.25, 0.3) is 0 Å². The maximum atomic E-state index is 13.1. The fourth-order valence-corrected chi connectivity index (χ4v) is 3.44. The van der Waals surface area contributed by atoms with Gasteiger partial charge in [-0.25, -0.2) is 0 Å². The van der Waals surface area contributed by atoms with Crippen LogP contribution in [0.15, 0.2) is 12.4 Å². The summed E-state index contributed by atoms with van der Waals surface area (Å²) in [6.45, 7) is 5.07. The minimum absolute atomic E-state index is 0.192. The van der Waals surface area contributed by atoms with E-state index >= 15 is 0 Å². The summed E-state index contributed by atoms with van der Waals surface area (Å²) in [6.07, 6.45) is 4.01. The average Bonchev–Trinajstić information content (AvgIpc) is 3.00. The van der Waals surface area contributed by atoms with Crippen LogP contribution in [0.1, 0.15) is 40.0 Å². The number of carboxylic acids is 1. The molecular formula is C17H25N5O6. The summed E-state index contributed by atoms with van der Waals surface area (Å²) in [5.41, 5.74) is -1.31. The molecule has 2 heterocycles. The van der Waals surface area contributed by atoms with E-state index in [1.165, 1.54) is 22.7 Å². The first-order chi connectivity index (χ1) is 13.0. The van der Waals surface area contributed by atoms with Crippen LogP contribution in [0.5, 0.6) is 0 Å². The monoisotopic (exact) mass is 395 g/mol. The van der Waals surface area contributed by atoms with Crippen LogP contribution in [-0.2, 0) is 19.9 Å². The van der Waals surface area contributed by atoms with Gasteiger partial charge >= 0.3 is 11.7 Å². The molecule has 2 amide bonds. The van der Waals surface area contributed by atoms with Gasteiger partial charge < -0.3 is 14.9 Å². The molecule has 1 aliphatic rings. The number of nitrogens with zero attached hydrogens (tertiary/aromatic N) is 5. The third-order valence-electron chi connectivity index (χ3n) is 5.01. The van der Waals surface area contributed by atoms with E-state index in [4.69, 9.17) is 5.11 Å². The van der Waals surface area contributed by atoms with Crippen molar-refractivity contribution in [3.63, 3.8) is 0 Å². The van der Waals surface area contributed by atoms with Gasteiger partial charge in [-0.05, 0) is 33.1 Å². The van der Waals surface area contributed by atoms with Gasteiger partial charge in [-0.15, -0.1) is 0 Å². The summed E-state index contributed by atoms with van der Waals surface area (Å²) < 4.78 is 1.28. The number of nitro groups is 1. The lowest BCUT2D eigenvalue weighted by Crippen LogP contribution is -2.48. The van der Waals surface area contributed by atoms with Gasteiger partial charge in [-0.2, -0.15) is 5.10 Å². The van der Waals surface area contributed by atoms with Crippen molar-refractivity contribution >= 4 is 23.5 Å². The molecule has 0 saturated carbocycles. The van der Waals surface area contributed by atoms with Crippen molar-refractivity contribution in [3.05, 3.63) is 22.5 Å². The number of carbonyl (C=O) groups excluding carboxylic acids is 2. The first-order valence-corrected chi connectivity index (χ1v) is 9.02. The number of likely N-dealkylation sites (tertiary alicyclic amines) is 1. The summed E-state index contributed by atoms with van der Waals surface area (Å²) in [5.74, 6) is -1.62. The number of rotatable bonds is 6. The van der Waals surface area contributed by atoms with Crippen molar-refractivity contribution in [2.45, 2.75) is 51.6 Å². The fraction of sp³-hybridized carbons (Fsp3) is 0.647. The average molecular weight is 395 g/mol. The maximum absolute atomic E-state index is 13.1. The number of carbonyl (C=O) groups is 3. The van der Waals surface area contributed by atoms with Crippen molar-refractivity contribution in [2.24, 2.45) is 0 Å². The maximum Gasteiger partial charge on any atom is 0.323 e. The lowest BCUT2D eigenvalue weighted by atomic mass is 10.0. The first-order valence-electron chi connectivity index (χ1n) is 9.02. The summed E-state index contributed by atoms with van der Waals surface area (Å²) >= 11 is 0. The smallest absolute Gasteiger partial charge is 0.323 e. The molecule has 0 spiro atoms. The molecule has 1 fully saturated rings. The Hall–Kier alpha value is -2.98. The van der Waals surface area contributed by atoms with Crippen LogP contribution < -0.4 is 0 Å². The molecule has 0 aromatic carbocycles. The minimum atomic E-state index is -1.12. The van der Waals surface area contributed by atoms with E-state index in [1.807, 2.05) is 0 Å². The molecule has 0 radical (unpaired) electrons. The second-order valence-electron chi connectivity index (χ2n) is 7.38. The predicted molar refractivity (Wildman–Crippen MR) is 97.4 cm³/mol. The Balaban J connectivity index is 2.11. The van der Waals surface area contributed by atoms with Crippen LogP contribution in [0.2, 0.25) is 0 Å². The summed E-state index contributed by atoms with van der Waals surface area (Å²) in [5, 5.41) is 23.9. The van der Waals surface area contributed by atoms with E-state index in [0.717, 1.165) is 6.20 Å². The van der Waals surface area contributed by atoms with Gasteiger partial charge in [0.25, 0.3) is 0 Å². The Kier molecular flexibility index (Phi) is 6.37. The molecule has 0 bridgehead atoms. The van der Waals surface area contributed by atoms with Crippen molar-refractivity contribution in [1.29, 1.82) is 0 Å². The highest BCUT2D eigenvalue weighted by Gasteiger charge is 2.37. The number of aliphatic carboxylic acids is 1. The molecule has 11 nitrogen and oxygen atoms in total. The highest BCUT2D eigenvalue weighted by Crippen LogP contribution is 2.24. The van der Waals surface area contributed by atoms with Crippen molar-refractivity contribution in [2.75, 3.05) is 19.6 Å². The summed E-state index contributed by atoms with van der Waals surface area (Å²) in [4.78, 5) is 49.2. The summed E-state index contributed by atoms with van der Waals surface area (Å²) in [7, 11) is 0. The minimum Gasteiger partial charge on any atom is -0.480 e. The molecule has 2 rings (SSSR count). The zero-order valence-corrected chi connectivity index (χ0v) is 16.2. The Bertz CT molecular complexity index is 774. The molecule has 1 atom stereocenters. The Labute approximate surface area is 162 Å².